The van der Waals surface area contributed by atoms with Crippen molar-refractivity contribution in [1.29, 1.82) is 0 Å². The van der Waals surface area contributed by atoms with Crippen LogP contribution in [0.5, 0.6) is 0 Å². The highest BCUT2D eigenvalue weighted by atomic mass is 16.6. The highest BCUT2D eigenvalue weighted by Gasteiger charge is 2.10. The van der Waals surface area contributed by atoms with Crippen molar-refractivity contribution in [2.24, 2.45) is 0 Å². The van der Waals surface area contributed by atoms with Crippen molar-refractivity contribution in [2.75, 3.05) is 33.0 Å². The van der Waals surface area contributed by atoms with Crippen LogP contribution in [-0.2, 0) is 14.2 Å². The van der Waals surface area contributed by atoms with Crippen LogP contribution in [-0.4, -0.2) is 39.1 Å². The Morgan fingerprint density at radius 2 is 1.17 bits per heavy atom. The van der Waals surface area contributed by atoms with Crippen molar-refractivity contribution in [1.82, 2.24) is 0 Å². The summed E-state index contributed by atoms with van der Waals surface area (Å²) in [6, 6.07) is 0. The van der Waals surface area contributed by atoms with Crippen LogP contribution in [0.1, 0.15) is 20.8 Å². The molecule has 18 heavy (non-hydrogen) atoms. The Hall–Kier alpha value is -0.900. The molecule has 104 valence electrons. The Morgan fingerprint density at radius 1 is 0.778 bits per heavy atom. The average Bonchev–Trinajstić information content (AvgIpc) is 2.24. The van der Waals surface area contributed by atoms with Crippen LogP contribution >= 0.6 is 0 Å². The molecule has 0 saturated carbocycles. The molecular weight excluding hydrogens is 228 g/mol. The van der Waals surface area contributed by atoms with Crippen molar-refractivity contribution < 1.29 is 14.2 Å². The van der Waals surface area contributed by atoms with Gasteiger partial charge in [0.15, 0.2) is 0 Å². The van der Waals surface area contributed by atoms with E-state index in [1.807, 2.05) is 20.8 Å². The SMILES string of the molecule is C=C(C)COCC(COCC(=C)C)OCC(=C)C. The monoisotopic (exact) mass is 254 g/mol. The second-order valence-corrected chi connectivity index (χ2v) is 4.83. The van der Waals surface area contributed by atoms with Gasteiger partial charge in [0.05, 0.1) is 33.0 Å². The molecule has 0 N–H and O–H groups in total. The quantitative estimate of drug-likeness (QED) is 0.530. The van der Waals surface area contributed by atoms with Crippen LogP contribution in [0.2, 0.25) is 0 Å². The van der Waals surface area contributed by atoms with E-state index >= 15 is 0 Å². The molecule has 0 aliphatic carbocycles. The molecule has 0 rings (SSSR count). The van der Waals surface area contributed by atoms with Gasteiger partial charge in [-0.1, -0.05) is 36.5 Å². The third-order valence-electron chi connectivity index (χ3n) is 1.87. The van der Waals surface area contributed by atoms with E-state index in [0.29, 0.717) is 33.0 Å². The Labute approximate surface area is 111 Å². The fourth-order valence-electron chi connectivity index (χ4n) is 1.13. The van der Waals surface area contributed by atoms with Gasteiger partial charge in [0.2, 0.25) is 0 Å². The zero-order valence-corrected chi connectivity index (χ0v) is 12.0. The molecule has 0 saturated heterocycles. The van der Waals surface area contributed by atoms with E-state index in [4.69, 9.17) is 14.2 Å². The number of hydrogen-bond donors (Lipinski definition) is 0. The molecule has 0 bridgehead atoms. The molecular formula is C15H26O3. The third kappa shape index (κ3) is 11.6. The van der Waals surface area contributed by atoms with Gasteiger partial charge in [-0.15, -0.1) is 0 Å². The average molecular weight is 254 g/mol. The molecule has 0 amide bonds. The minimum Gasteiger partial charge on any atom is -0.374 e. The summed E-state index contributed by atoms with van der Waals surface area (Å²) < 4.78 is 16.6. The Kier molecular flexibility index (Phi) is 9.56. The summed E-state index contributed by atoms with van der Waals surface area (Å²) in [5.74, 6) is 0. The first-order chi connectivity index (χ1) is 8.41. The maximum Gasteiger partial charge on any atom is 0.105 e. The topological polar surface area (TPSA) is 27.7 Å². The molecule has 0 fully saturated rings. The van der Waals surface area contributed by atoms with Gasteiger partial charge in [-0.2, -0.15) is 0 Å². The molecule has 0 spiro atoms. The second-order valence-electron chi connectivity index (χ2n) is 4.83. The lowest BCUT2D eigenvalue weighted by Crippen LogP contribution is -2.27. The van der Waals surface area contributed by atoms with Crippen LogP contribution < -0.4 is 0 Å². The van der Waals surface area contributed by atoms with E-state index in [1.165, 1.54) is 0 Å². The van der Waals surface area contributed by atoms with Gasteiger partial charge in [0, 0.05) is 0 Å². The van der Waals surface area contributed by atoms with Gasteiger partial charge >= 0.3 is 0 Å². The second kappa shape index (κ2) is 10.1. The lowest BCUT2D eigenvalue weighted by molar-refractivity contribution is -0.0464. The van der Waals surface area contributed by atoms with Gasteiger partial charge < -0.3 is 14.2 Å². The van der Waals surface area contributed by atoms with Gasteiger partial charge in [0.25, 0.3) is 0 Å². The smallest absolute Gasteiger partial charge is 0.105 e. The minimum atomic E-state index is -0.0830. The normalized spacial score (nSPS) is 10.7. The molecule has 3 heteroatoms. The van der Waals surface area contributed by atoms with E-state index in [2.05, 4.69) is 19.7 Å². The zero-order chi connectivity index (χ0) is 14.0. The third-order valence-corrected chi connectivity index (χ3v) is 1.87. The van der Waals surface area contributed by atoms with Crippen LogP contribution in [0.3, 0.4) is 0 Å². The Balaban J connectivity index is 3.94. The van der Waals surface area contributed by atoms with Crippen molar-refractivity contribution >= 4 is 0 Å². The maximum atomic E-state index is 5.66. The Morgan fingerprint density at radius 3 is 1.50 bits per heavy atom. The minimum absolute atomic E-state index is 0.0830. The predicted molar refractivity (Wildman–Crippen MR) is 75.8 cm³/mol. The van der Waals surface area contributed by atoms with Gasteiger partial charge in [-0.3, -0.25) is 0 Å². The van der Waals surface area contributed by atoms with Crippen LogP contribution in [0, 0.1) is 0 Å². The fourth-order valence-corrected chi connectivity index (χ4v) is 1.13. The highest BCUT2D eigenvalue weighted by Crippen LogP contribution is 2.01. The lowest BCUT2D eigenvalue weighted by Gasteiger charge is -2.18. The lowest BCUT2D eigenvalue weighted by atomic mass is 10.3. The Bertz CT molecular complexity index is 261. The summed E-state index contributed by atoms with van der Waals surface area (Å²) in [5, 5.41) is 0. The summed E-state index contributed by atoms with van der Waals surface area (Å²) in [7, 11) is 0. The summed E-state index contributed by atoms with van der Waals surface area (Å²) in [5.41, 5.74) is 2.98. The van der Waals surface area contributed by atoms with Crippen LogP contribution in [0.25, 0.3) is 0 Å². The summed E-state index contributed by atoms with van der Waals surface area (Å²) in [6.07, 6.45) is -0.0830. The molecule has 0 heterocycles. The zero-order valence-electron chi connectivity index (χ0n) is 12.0. The van der Waals surface area contributed by atoms with E-state index in [-0.39, 0.29) is 6.10 Å². The van der Waals surface area contributed by atoms with Crippen molar-refractivity contribution in [2.45, 2.75) is 26.9 Å². The highest BCUT2D eigenvalue weighted by molar-refractivity contribution is 4.89. The number of rotatable bonds is 11. The number of ether oxygens (including phenoxy) is 3. The van der Waals surface area contributed by atoms with Gasteiger partial charge in [-0.25, -0.2) is 0 Å². The van der Waals surface area contributed by atoms with E-state index in [1.54, 1.807) is 0 Å². The largest absolute Gasteiger partial charge is 0.374 e. The first kappa shape index (κ1) is 17.1. The van der Waals surface area contributed by atoms with Crippen LogP contribution in [0.4, 0.5) is 0 Å². The molecule has 0 aliphatic rings. The van der Waals surface area contributed by atoms with Crippen molar-refractivity contribution in [3.8, 4) is 0 Å². The molecule has 0 aromatic carbocycles. The van der Waals surface area contributed by atoms with Crippen LogP contribution in [0.15, 0.2) is 36.5 Å². The molecule has 3 nitrogen and oxygen atoms in total. The summed E-state index contributed by atoms with van der Waals surface area (Å²) in [4.78, 5) is 0. The molecule has 0 aliphatic heterocycles. The van der Waals surface area contributed by atoms with Gasteiger partial charge in [-0.05, 0) is 20.8 Å². The van der Waals surface area contributed by atoms with E-state index < -0.39 is 0 Å². The van der Waals surface area contributed by atoms with E-state index in [9.17, 15) is 0 Å². The molecule has 0 aromatic rings. The molecule has 0 radical (unpaired) electrons. The standard InChI is InChI=1S/C15H26O3/c1-12(2)7-16-10-15(18-9-14(5)6)11-17-8-13(3)4/h15H,1,3,5,7-11H2,2,4,6H3. The van der Waals surface area contributed by atoms with E-state index in [0.717, 1.165) is 16.7 Å². The van der Waals surface area contributed by atoms with Crippen molar-refractivity contribution in [3.05, 3.63) is 36.5 Å². The molecule has 0 aromatic heterocycles. The first-order valence-electron chi connectivity index (χ1n) is 6.12. The maximum absolute atomic E-state index is 5.66. The first-order valence-corrected chi connectivity index (χ1v) is 6.12. The molecule has 0 atom stereocenters. The summed E-state index contributed by atoms with van der Waals surface area (Å²) in [6.45, 7) is 19.8. The molecule has 0 unspecified atom stereocenters. The number of hydrogen-bond acceptors (Lipinski definition) is 3. The van der Waals surface area contributed by atoms with Crippen molar-refractivity contribution in [3.63, 3.8) is 0 Å². The predicted octanol–water partition coefficient (Wildman–Crippen LogP) is 3.13. The summed E-state index contributed by atoms with van der Waals surface area (Å²) >= 11 is 0. The fraction of sp³-hybridized carbons (Fsp3) is 0.600. The van der Waals surface area contributed by atoms with Gasteiger partial charge in [0.1, 0.15) is 6.10 Å².